The van der Waals surface area contributed by atoms with E-state index in [1.165, 1.54) is 6.08 Å². The second-order valence-electron chi connectivity index (χ2n) is 3.06. The molecule has 0 saturated carbocycles. The molecule has 4 nitrogen and oxygen atoms in total. The van der Waals surface area contributed by atoms with Crippen LogP contribution in [0.5, 0.6) is 0 Å². The molecule has 1 aromatic rings. The fourth-order valence-electron chi connectivity index (χ4n) is 0.728. The van der Waals surface area contributed by atoms with Crippen molar-refractivity contribution in [3.05, 3.63) is 42.0 Å². The number of hydrogen-bond acceptors (Lipinski definition) is 2. The average molecular weight is 275 g/mol. The summed E-state index contributed by atoms with van der Waals surface area (Å²) < 4.78 is 0. The van der Waals surface area contributed by atoms with Crippen molar-refractivity contribution in [1.82, 2.24) is 0 Å². The minimum Gasteiger partial charge on any atom is -1.00 e. The van der Waals surface area contributed by atoms with Crippen LogP contribution in [0.15, 0.2) is 36.4 Å². The summed E-state index contributed by atoms with van der Waals surface area (Å²) in [6.45, 7) is 6.03. The number of carbonyl (C=O) groups is 1. The van der Waals surface area contributed by atoms with E-state index in [0.29, 0.717) is 0 Å². The Balaban J connectivity index is -0.000000276. The summed E-state index contributed by atoms with van der Waals surface area (Å²) in [7, 11) is 0. The van der Waals surface area contributed by atoms with Crippen molar-refractivity contribution in [1.29, 1.82) is 0 Å². The lowest BCUT2D eigenvalue weighted by molar-refractivity contribution is -0.362. The number of carboxylic acids is 1. The highest BCUT2D eigenvalue weighted by Crippen LogP contribution is 1.99. The van der Waals surface area contributed by atoms with E-state index < -0.39 is 5.97 Å². The summed E-state index contributed by atoms with van der Waals surface area (Å²) >= 11 is 0. The maximum absolute atomic E-state index is 9.97. The molecule has 0 heterocycles. The van der Waals surface area contributed by atoms with Gasteiger partial charge in [0, 0.05) is 0 Å². The molecule has 18 heavy (non-hydrogen) atoms. The smallest absolute Gasteiger partial charge is 0.0711 e. The van der Waals surface area contributed by atoms with Crippen molar-refractivity contribution in [2.45, 2.75) is 13.8 Å². The highest BCUT2D eigenvalue weighted by molar-refractivity contribution is 5.83. The molecule has 0 unspecified atom stereocenters. The topological polar surface area (TPSA) is 95.4 Å². The first-order valence-corrected chi connectivity index (χ1v) is 5.64. The zero-order chi connectivity index (χ0) is 13.5. The highest BCUT2D eigenvalue weighted by Gasteiger charge is 1.80. The first kappa shape index (κ1) is 21.9. The molecule has 1 rings (SSSR count). The fraction of sp³-hybridized carbons (Fsp3) is 0.308. The summed E-state index contributed by atoms with van der Waals surface area (Å²) in [5.41, 5.74) is 7.83. The first-order chi connectivity index (χ1) is 8.12. The van der Waals surface area contributed by atoms with E-state index >= 15 is 0 Å². The number of rotatable bonds is 2. The Hall–Kier alpha value is -1.36. The van der Waals surface area contributed by atoms with Crippen LogP contribution < -0.4 is 29.0 Å². The zero-order valence-corrected chi connectivity index (χ0v) is 11.8. The van der Waals surface area contributed by atoms with Crippen LogP contribution in [0.25, 0.3) is 6.08 Å². The van der Waals surface area contributed by atoms with Gasteiger partial charge in [-0.1, -0.05) is 36.4 Å². The second-order valence-corrected chi connectivity index (χ2v) is 3.06. The Morgan fingerprint density at radius 1 is 1.17 bits per heavy atom. The summed E-state index contributed by atoms with van der Waals surface area (Å²) in [5, 5.41) is 9.97. The Bertz CT molecular complexity index is 301. The Morgan fingerprint density at radius 3 is 1.89 bits per heavy atom. The van der Waals surface area contributed by atoms with Gasteiger partial charge in [-0.2, -0.15) is 0 Å². The van der Waals surface area contributed by atoms with E-state index in [4.69, 9.17) is 0 Å². The maximum Gasteiger partial charge on any atom is 0.0711 e. The predicted octanol–water partition coefficient (Wildman–Crippen LogP) is -4.05. The van der Waals surface area contributed by atoms with E-state index in [2.05, 4.69) is 11.5 Å². The molecule has 0 radical (unpaired) electrons. The predicted molar refractivity (Wildman–Crippen MR) is 67.3 cm³/mol. The minimum absolute atomic E-state index is 0. The highest BCUT2D eigenvalue weighted by atomic mass is 35.5. The van der Waals surface area contributed by atoms with Crippen LogP contribution >= 0.6 is 0 Å². The lowest BCUT2D eigenvalue weighted by atomic mass is 10.2. The third kappa shape index (κ3) is 20.1. The van der Waals surface area contributed by atoms with Crippen molar-refractivity contribution in [2.24, 2.45) is 0 Å². The van der Waals surface area contributed by atoms with Crippen LogP contribution in [0, 0.1) is 0 Å². The summed E-state index contributed by atoms with van der Waals surface area (Å²) in [5.74, 6) is -1.17. The summed E-state index contributed by atoms with van der Waals surface area (Å²) in [4.78, 5) is 9.97. The van der Waals surface area contributed by atoms with Gasteiger partial charge in [-0.05, 0) is 25.5 Å². The molecular formula is C13H23ClN2O2. The zero-order valence-electron chi connectivity index (χ0n) is 11.1. The van der Waals surface area contributed by atoms with Crippen molar-refractivity contribution in [2.75, 3.05) is 13.1 Å². The van der Waals surface area contributed by atoms with E-state index in [9.17, 15) is 9.90 Å². The van der Waals surface area contributed by atoms with E-state index in [1.807, 2.05) is 44.2 Å². The fourth-order valence-corrected chi connectivity index (χ4v) is 0.728. The van der Waals surface area contributed by atoms with Gasteiger partial charge in [0.05, 0.1) is 19.1 Å². The van der Waals surface area contributed by atoms with Crippen molar-refractivity contribution in [3.63, 3.8) is 0 Å². The molecule has 0 saturated heterocycles. The SMILES string of the molecule is CC[NH3+].CC[NH3+].O=C([O-])C=Cc1ccccc1.[Cl-]. The van der Waals surface area contributed by atoms with Gasteiger partial charge in [0.25, 0.3) is 0 Å². The van der Waals surface area contributed by atoms with Gasteiger partial charge in [-0.25, -0.2) is 0 Å². The van der Waals surface area contributed by atoms with Crippen LogP contribution in [0.4, 0.5) is 0 Å². The van der Waals surface area contributed by atoms with E-state index in [1.54, 1.807) is 0 Å². The molecule has 104 valence electrons. The quantitative estimate of drug-likeness (QED) is 0.537. The van der Waals surface area contributed by atoms with Gasteiger partial charge in [0.1, 0.15) is 0 Å². The van der Waals surface area contributed by atoms with Crippen LogP contribution in [0.3, 0.4) is 0 Å². The summed E-state index contributed by atoms with van der Waals surface area (Å²) in [6, 6.07) is 9.19. The average Bonchev–Trinajstić information content (AvgIpc) is 2.30. The maximum atomic E-state index is 9.97. The van der Waals surface area contributed by atoms with Gasteiger partial charge in [0.15, 0.2) is 0 Å². The lowest BCUT2D eigenvalue weighted by Crippen LogP contribution is -3.00. The number of carbonyl (C=O) groups excluding carboxylic acids is 1. The second kappa shape index (κ2) is 18.0. The van der Waals surface area contributed by atoms with Crippen LogP contribution in [0.2, 0.25) is 0 Å². The molecule has 1 aromatic carbocycles. The number of carboxylic acid groups (broad SMARTS) is 1. The van der Waals surface area contributed by atoms with Crippen LogP contribution in [-0.2, 0) is 4.79 Å². The monoisotopic (exact) mass is 274 g/mol. The van der Waals surface area contributed by atoms with E-state index in [0.717, 1.165) is 24.7 Å². The molecular weight excluding hydrogens is 252 g/mol. The normalized spacial score (nSPS) is 8.22. The third-order valence-corrected chi connectivity index (χ3v) is 1.21. The third-order valence-electron chi connectivity index (χ3n) is 1.21. The van der Waals surface area contributed by atoms with Crippen molar-refractivity contribution >= 4 is 12.0 Å². The molecule has 0 bridgehead atoms. The van der Waals surface area contributed by atoms with Crippen LogP contribution in [-0.4, -0.2) is 19.1 Å². The van der Waals surface area contributed by atoms with Gasteiger partial charge < -0.3 is 33.8 Å². The molecule has 0 amide bonds. The molecule has 0 fully saturated rings. The van der Waals surface area contributed by atoms with Gasteiger partial charge >= 0.3 is 0 Å². The Morgan fingerprint density at radius 2 is 1.56 bits per heavy atom. The van der Waals surface area contributed by atoms with E-state index in [-0.39, 0.29) is 12.4 Å². The van der Waals surface area contributed by atoms with Gasteiger partial charge in [-0.15, -0.1) is 0 Å². The minimum atomic E-state index is -1.17. The van der Waals surface area contributed by atoms with Gasteiger partial charge in [-0.3, -0.25) is 0 Å². The molecule has 0 aliphatic carbocycles. The molecule has 0 aliphatic rings. The Kier molecular flexibility index (Phi) is 21.9. The number of hydrogen-bond donors (Lipinski definition) is 2. The number of quaternary nitrogens is 2. The molecule has 0 atom stereocenters. The van der Waals surface area contributed by atoms with Crippen molar-refractivity contribution < 1.29 is 33.8 Å². The molecule has 6 N–H and O–H groups in total. The Labute approximate surface area is 115 Å². The summed E-state index contributed by atoms with van der Waals surface area (Å²) in [6.07, 6.45) is 2.50. The number of halogens is 1. The number of aliphatic carboxylic acids is 1. The standard InChI is InChI=1S/C9H8O2.2C2H7N.ClH/c10-9(11)7-6-8-4-2-1-3-5-8;2*1-2-3;/h1-7H,(H,10,11);2*2-3H2,1H3;1H. The van der Waals surface area contributed by atoms with Crippen LogP contribution in [0.1, 0.15) is 19.4 Å². The van der Waals surface area contributed by atoms with Gasteiger partial charge in [0.2, 0.25) is 0 Å². The first-order valence-electron chi connectivity index (χ1n) is 5.64. The largest absolute Gasteiger partial charge is 1.00 e. The molecule has 5 heteroatoms. The molecule has 0 aliphatic heterocycles. The molecule has 0 spiro atoms. The molecule has 0 aromatic heterocycles. The number of benzene rings is 1. The lowest BCUT2D eigenvalue weighted by Gasteiger charge is -1.91. The van der Waals surface area contributed by atoms with Crippen molar-refractivity contribution in [3.8, 4) is 0 Å².